The van der Waals surface area contributed by atoms with Crippen molar-refractivity contribution in [2.75, 3.05) is 24.0 Å². The van der Waals surface area contributed by atoms with Crippen LogP contribution in [0.5, 0.6) is 5.75 Å². The summed E-state index contributed by atoms with van der Waals surface area (Å²) in [5, 5.41) is 3.36. The summed E-state index contributed by atoms with van der Waals surface area (Å²) < 4.78 is 34.3. The molecule has 0 bridgehead atoms. The van der Waals surface area contributed by atoms with Gasteiger partial charge < -0.3 is 15.0 Å². The molecule has 0 aromatic heterocycles. The van der Waals surface area contributed by atoms with Crippen LogP contribution in [0.4, 0.5) is 5.69 Å². The number of benzene rings is 3. The highest BCUT2D eigenvalue weighted by molar-refractivity contribution is 7.92. The first-order valence-electron chi connectivity index (χ1n) is 12.8. The van der Waals surface area contributed by atoms with Gasteiger partial charge in [-0.25, -0.2) is 8.42 Å². The average Bonchev–Trinajstić information content (AvgIpc) is 2.92. The lowest BCUT2D eigenvalue weighted by molar-refractivity contribution is -0.139. The van der Waals surface area contributed by atoms with Crippen LogP contribution in [-0.2, 0) is 26.2 Å². The predicted octanol–water partition coefficient (Wildman–Crippen LogP) is 5.45. The number of aryl methyl sites for hydroxylation is 1. The molecule has 8 nitrogen and oxygen atoms in total. The van der Waals surface area contributed by atoms with Crippen molar-refractivity contribution in [1.29, 1.82) is 0 Å². The third kappa shape index (κ3) is 7.47. The van der Waals surface area contributed by atoms with Gasteiger partial charge in [0.05, 0.1) is 17.2 Å². The van der Waals surface area contributed by atoms with Crippen molar-refractivity contribution in [3.63, 3.8) is 0 Å². The number of likely N-dealkylation sites (N-methyl/N-ethyl adjacent to an activating group) is 1. The lowest BCUT2D eigenvalue weighted by atomic mass is 10.1. The number of anilines is 1. The van der Waals surface area contributed by atoms with Crippen LogP contribution in [0.3, 0.4) is 0 Å². The molecule has 0 saturated heterocycles. The third-order valence-corrected chi connectivity index (χ3v) is 8.73. The number of ether oxygens (including phenoxy) is 1. The molecule has 0 aliphatic rings. The van der Waals surface area contributed by atoms with E-state index in [9.17, 15) is 18.0 Å². The molecule has 0 radical (unpaired) electrons. The Hall–Kier alpha value is -3.27. The highest BCUT2D eigenvalue weighted by Gasteiger charge is 2.33. The van der Waals surface area contributed by atoms with Crippen molar-refractivity contribution < 1.29 is 22.7 Å². The first kappa shape index (κ1) is 31.3. The van der Waals surface area contributed by atoms with E-state index in [0.29, 0.717) is 34.5 Å². The molecule has 1 atom stereocenters. The molecule has 1 N–H and O–H groups in total. The minimum absolute atomic E-state index is 0.0252. The quantitative estimate of drug-likeness (QED) is 0.296. The molecule has 0 fully saturated rings. The Bertz CT molecular complexity index is 1410. The normalized spacial score (nSPS) is 11.9. The zero-order valence-corrected chi connectivity index (χ0v) is 25.2. The van der Waals surface area contributed by atoms with Crippen LogP contribution in [0.2, 0.25) is 10.0 Å². The molecule has 0 spiro atoms. The smallest absolute Gasteiger partial charge is 0.264 e. The van der Waals surface area contributed by atoms with Gasteiger partial charge in [0.2, 0.25) is 11.8 Å². The van der Waals surface area contributed by atoms with Crippen molar-refractivity contribution in [3.8, 4) is 5.75 Å². The standard InChI is InChI=1S/C29H33Cl2N3O5S/c1-5-32-29(36)21(4)33(18-25-26(30)8-7-9-27(25)31)28(35)19-34(22-12-14-23(15-13-22)39-6-2)40(37,38)24-16-10-20(3)11-17-24/h7-17,21H,5-6,18-19H2,1-4H3,(H,32,36)/t21-/m0/s1. The number of hydrogen-bond acceptors (Lipinski definition) is 5. The summed E-state index contributed by atoms with van der Waals surface area (Å²) in [6, 6.07) is 16.8. The van der Waals surface area contributed by atoms with E-state index >= 15 is 0 Å². The van der Waals surface area contributed by atoms with Gasteiger partial charge in [0.1, 0.15) is 18.3 Å². The van der Waals surface area contributed by atoms with Gasteiger partial charge in [-0.3, -0.25) is 13.9 Å². The van der Waals surface area contributed by atoms with E-state index in [1.54, 1.807) is 68.4 Å². The molecule has 3 aromatic rings. The van der Waals surface area contributed by atoms with Crippen molar-refractivity contribution in [2.45, 2.75) is 45.2 Å². The number of hydrogen-bond donors (Lipinski definition) is 1. The molecular weight excluding hydrogens is 573 g/mol. The zero-order valence-electron chi connectivity index (χ0n) is 22.9. The molecule has 0 saturated carbocycles. The number of nitrogens with zero attached hydrogens (tertiary/aromatic N) is 2. The fourth-order valence-corrected chi connectivity index (χ4v) is 5.93. The molecule has 0 heterocycles. The van der Waals surface area contributed by atoms with E-state index in [-0.39, 0.29) is 17.1 Å². The van der Waals surface area contributed by atoms with Crippen LogP contribution in [-0.4, -0.2) is 50.9 Å². The Morgan fingerprint density at radius 3 is 2.10 bits per heavy atom. The number of halogens is 2. The van der Waals surface area contributed by atoms with Gasteiger partial charge >= 0.3 is 0 Å². The van der Waals surface area contributed by atoms with E-state index < -0.39 is 34.4 Å². The molecular formula is C29H33Cl2N3O5S. The van der Waals surface area contributed by atoms with Crippen molar-refractivity contribution in [3.05, 3.63) is 87.9 Å². The predicted molar refractivity (Wildman–Crippen MR) is 158 cm³/mol. The lowest BCUT2D eigenvalue weighted by Gasteiger charge is -2.32. The van der Waals surface area contributed by atoms with Gasteiger partial charge in [0.15, 0.2) is 0 Å². The maximum Gasteiger partial charge on any atom is 0.264 e. The molecule has 2 amide bonds. The number of amides is 2. The Morgan fingerprint density at radius 1 is 0.950 bits per heavy atom. The van der Waals surface area contributed by atoms with Crippen molar-refractivity contribution in [1.82, 2.24) is 10.2 Å². The van der Waals surface area contributed by atoms with Gasteiger partial charge in [-0.2, -0.15) is 0 Å². The topological polar surface area (TPSA) is 96.0 Å². The molecule has 3 aromatic carbocycles. The Labute approximate surface area is 245 Å². The van der Waals surface area contributed by atoms with E-state index in [4.69, 9.17) is 27.9 Å². The second-order valence-corrected chi connectivity index (χ2v) is 11.7. The minimum Gasteiger partial charge on any atom is -0.494 e. The van der Waals surface area contributed by atoms with Crippen LogP contribution in [0.1, 0.15) is 31.9 Å². The van der Waals surface area contributed by atoms with Crippen molar-refractivity contribution in [2.24, 2.45) is 0 Å². The Balaban J connectivity index is 2.06. The van der Waals surface area contributed by atoms with E-state index in [0.717, 1.165) is 9.87 Å². The fourth-order valence-electron chi connectivity index (χ4n) is 4.00. The molecule has 0 unspecified atom stereocenters. The Kier molecular flexibility index (Phi) is 10.8. The highest BCUT2D eigenvalue weighted by Crippen LogP contribution is 2.29. The second kappa shape index (κ2) is 13.9. The SMILES string of the molecule is CCNC(=O)[C@H](C)N(Cc1c(Cl)cccc1Cl)C(=O)CN(c1ccc(OCC)cc1)S(=O)(=O)c1ccc(C)cc1. The molecule has 0 aliphatic carbocycles. The second-order valence-electron chi connectivity index (χ2n) is 9.04. The number of sulfonamides is 1. The number of carbonyl (C=O) groups is 2. The number of nitrogens with one attached hydrogen (secondary N) is 1. The van der Waals surface area contributed by atoms with Gasteiger partial charge in [0, 0.05) is 28.7 Å². The van der Waals surface area contributed by atoms with Gasteiger partial charge in [0.25, 0.3) is 10.0 Å². The maximum absolute atomic E-state index is 13.9. The van der Waals surface area contributed by atoms with Gasteiger partial charge in [-0.1, -0.05) is 47.0 Å². The lowest BCUT2D eigenvalue weighted by Crippen LogP contribution is -2.51. The summed E-state index contributed by atoms with van der Waals surface area (Å²) in [6.45, 7) is 7.17. The molecule has 3 rings (SSSR count). The molecule has 40 heavy (non-hydrogen) atoms. The van der Waals surface area contributed by atoms with E-state index in [1.165, 1.54) is 17.0 Å². The van der Waals surface area contributed by atoms with E-state index in [2.05, 4.69) is 5.32 Å². The van der Waals surface area contributed by atoms with Crippen LogP contribution < -0.4 is 14.4 Å². The largest absolute Gasteiger partial charge is 0.494 e. The van der Waals surface area contributed by atoms with Gasteiger partial charge in [-0.05, 0) is 76.2 Å². The summed E-state index contributed by atoms with van der Waals surface area (Å²) in [6.07, 6.45) is 0. The minimum atomic E-state index is -4.18. The maximum atomic E-state index is 13.9. The summed E-state index contributed by atoms with van der Waals surface area (Å²) in [4.78, 5) is 28.1. The van der Waals surface area contributed by atoms with Crippen LogP contribution >= 0.6 is 23.2 Å². The van der Waals surface area contributed by atoms with Crippen molar-refractivity contribution >= 4 is 50.7 Å². The number of carbonyl (C=O) groups excluding carboxylic acids is 2. The van der Waals surface area contributed by atoms with Crippen LogP contribution in [0.25, 0.3) is 0 Å². The first-order valence-corrected chi connectivity index (χ1v) is 15.0. The third-order valence-electron chi connectivity index (χ3n) is 6.23. The zero-order chi connectivity index (χ0) is 29.4. The van der Waals surface area contributed by atoms with Crippen LogP contribution in [0.15, 0.2) is 71.6 Å². The van der Waals surface area contributed by atoms with Crippen LogP contribution in [0, 0.1) is 6.92 Å². The fraction of sp³-hybridized carbons (Fsp3) is 0.310. The summed E-state index contributed by atoms with van der Waals surface area (Å²) in [5.74, 6) is -0.447. The molecule has 11 heteroatoms. The summed E-state index contributed by atoms with van der Waals surface area (Å²) in [5.41, 5.74) is 1.60. The molecule has 0 aliphatic heterocycles. The summed E-state index contributed by atoms with van der Waals surface area (Å²) >= 11 is 12.8. The highest BCUT2D eigenvalue weighted by atomic mass is 35.5. The number of rotatable bonds is 12. The van der Waals surface area contributed by atoms with E-state index in [1.807, 2.05) is 13.8 Å². The first-order chi connectivity index (χ1) is 19.0. The Morgan fingerprint density at radius 2 is 1.55 bits per heavy atom. The molecule has 214 valence electrons. The van der Waals surface area contributed by atoms with Gasteiger partial charge in [-0.15, -0.1) is 0 Å². The average molecular weight is 607 g/mol. The summed E-state index contributed by atoms with van der Waals surface area (Å²) in [7, 11) is -4.18. The monoisotopic (exact) mass is 605 g/mol.